The molecule has 0 saturated heterocycles. The summed E-state index contributed by atoms with van der Waals surface area (Å²) in [5, 5.41) is 3.90. The van der Waals surface area contributed by atoms with Gasteiger partial charge in [-0.2, -0.15) is 4.98 Å². The minimum Gasteiger partial charge on any atom is -0.399 e. The molecule has 0 saturated carbocycles. The van der Waals surface area contributed by atoms with E-state index < -0.39 is 5.82 Å². The van der Waals surface area contributed by atoms with Gasteiger partial charge in [0.05, 0.1) is 5.56 Å². The maximum absolute atomic E-state index is 13.8. The van der Waals surface area contributed by atoms with Crippen LogP contribution in [-0.4, -0.2) is 10.1 Å². The SMILES string of the molecule is Cc1cccc(Cc2noc(-c3ccc(N)cc3F)n2)c1. The van der Waals surface area contributed by atoms with Crippen molar-refractivity contribution < 1.29 is 8.91 Å². The molecule has 0 amide bonds. The number of benzene rings is 2. The Morgan fingerprint density at radius 3 is 2.81 bits per heavy atom. The fraction of sp³-hybridized carbons (Fsp3) is 0.125. The van der Waals surface area contributed by atoms with Crippen molar-refractivity contribution >= 4 is 5.69 Å². The Morgan fingerprint density at radius 2 is 2.05 bits per heavy atom. The van der Waals surface area contributed by atoms with Crippen LogP contribution in [0.15, 0.2) is 47.0 Å². The second-order valence-electron chi connectivity index (χ2n) is 4.92. The molecular formula is C16H14FN3O. The zero-order valence-electron chi connectivity index (χ0n) is 11.5. The van der Waals surface area contributed by atoms with Gasteiger partial charge in [-0.25, -0.2) is 4.39 Å². The summed E-state index contributed by atoms with van der Waals surface area (Å²) in [5.74, 6) is 0.211. The highest BCUT2D eigenvalue weighted by Crippen LogP contribution is 2.23. The van der Waals surface area contributed by atoms with Crippen LogP contribution in [0, 0.1) is 12.7 Å². The maximum atomic E-state index is 13.8. The Bertz CT molecular complexity index is 783. The van der Waals surface area contributed by atoms with Crippen molar-refractivity contribution in [3.8, 4) is 11.5 Å². The number of nitrogens with zero attached hydrogens (tertiary/aromatic N) is 2. The van der Waals surface area contributed by atoms with Crippen LogP contribution < -0.4 is 5.73 Å². The summed E-state index contributed by atoms with van der Waals surface area (Å²) in [5.41, 5.74) is 8.39. The zero-order valence-corrected chi connectivity index (χ0v) is 11.5. The smallest absolute Gasteiger partial charge is 0.260 e. The Morgan fingerprint density at radius 1 is 1.19 bits per heavy atom. The first kappa shape index (κ1) is 13.3. The first-order chi connectivity index (χ1) is 10.1. The lowest BCUT2D eigenvalue weighted by atomic mass is 10.1. The molecule has 0 spiro atoms. The second kappa shape index (κ2) is 5.36. The lowest BCUT2D eigenvalue weighted by molar-refractivity contribution is 0.421. The van der Waals surface area contributed by atoms with Crippen LogP contribution in [0.5, 0.6) is 0 Å². The topological polar surface area (TPSA) is 64.9 Å². The Balaban J connectivity index is 1.86. The third-order valence-corrected chi connectivity index (χ3v) is 3.14. The van der Waals surface area contributed by atoms with Gasteiger partial charge in [0.15, 0.2) is 5.82 Å². The molecule has 0 atom stereocenters. The molecule has 0 bridgehead atoms. The fourth-order valence-corrected chi connectivity index (χ4v) is 2.14. The van der Waals surface area contributed by atoms with Crippen LogP contribution in [0.25, 0.3) is 11.5 Å². The monoisotopic (exact) mass is 283 g/mol. The number of halogens is 1. The number of aromatic nitrogens is 2. The summed E-state index contributed by atoms with van der Waals surface area (Å²) in [6.07, 6.45) is 0.543. The highest BCUT2D eigenvalue weighted by atomic mass is 19.1. The normalized spacial score (nSPS) is 10.8. The Labute approximate surface area is 121 Å². The predicted molar refractivity (Wildman–Crippen MR) is 78.1 cm³/mol. The van der Waals surface area contributed by atoms with E-state index in [1.54, 1.807) is 6.07 Å². The molecule has 1 heterocycles. The molecule has 1 aromatic heterocycles. The van der Waals surface area contributed by atoms with Gasteiger partial charge in [-0.1, -0.05) is 35.0 Å². The molecule has 0 aliphatic carbocycles. The minimum atomic E-state index is -0.472. The number of nitrogens with two attached hydrogens (primary N) is 1. The third-order valence-electron chi connectivity index (χ3n) is 3.14. The molecule has 106 valence electrons. The number of hydrogen-bond donors (Lipinski definition) is 1. The molecule has 5 heteroatoms. The molecule has 0 aliphatic heterocycles. The summed E-state index contributed by atoms with van der Waals surface area (Å²) in [6, 6.07) is 12.4. The highest BCUT2D eigenvalue weighted by Gasteiger charge is 2.13. The lowest BCUT2D eigenvalue weighted by Crippen LogP contribution is -1.92. The van der Waals surface area contributed by atoms with Crippen LogP contribution in [0.4, 0.5) is 10.1 Å². The molecule has 2 N–H and O–H groups in total. The van der Waals surface area contributed by atoms with Gasteiger partial charge < -0.3 is 10.3 Å². The van der Waals surface area contributed by atoms with Crippen molar-refractivity contribution in [1.29, 1.82) is 0 Å². The van der Waals surface area contributed by atoms with E-state index in [9.17, 15) is 4.39 Å². The predicted octanol–water partition coefficient (Wildman–Crippen LogP) is 3.36. The van der Waals surface area contributed by atoms with Crippen LogP contribution in [0.3, 0.4) is 0 Å². The van der Waals surface area contributed by atoms with Gasteiger partial charge in [0, 0.05) is 12.1 Å². The Hall–Kier alpha value is -2.69. The number of nitrogen functional groups attached to an aromatic ring is 1. The van der Waals surface area contributed by atoms with Crippen LogP contribution in [-0.2, 0) is 6.42 Å². The molecule has 2 aromatic carbocycles. The van der Waals surface area contributed by atoms with Crippen LogP contribution in [0.1, 0.15) is 17.0 Å². The van der Waals surface area contributed by atoms with Crippen molar-refractivity contribution in [2.75, 3.05) is 5.73 Å². The van der Waals surface area contributed by atoms with Crippen molar-refractivity contribution in [1.82, 2.24) is 10.1 Å². The average molecular weight is 283 g/mol. The number of hydrogen-bond acceptors (Lipinski definition) is 4. The molecule has 21 heavy (non-hydrogen) atoms. The Kier molecular flexibility index (Phi) is 3.39. The quantitative estimate of drug-likeness (QED) is 0.748. The van der Waals surface area contributed by atoms with Crippen molar-refractivity contribution in [2.24, 2.45) is 0 Å². The first-order valence-corrected chi connectivity index (χ1v) is 6.55. The number of aryl methyl sites for hydroxylation is 1. The van der Waals surface area contributed by atoms with Gasteiger partial charge in [0.1, 0.15) is 5.82 Å². The van der Waals surface area contributed by atoms with Gasteiger partial charge in [-0.3, -0.25) is 0 Å². The molecule has 0 fully saturated rings. The van der Waals surface area contributed by atoms with Crippen LogP contribution in [0.2, 0.25) is 0 Å². The second-order valence-corrected chi connectivity index (χ2v) is 4.92. The minimum absolute atomic E-state index is 0.162. The summed E-state index contributed by atoms with van der Waals surface area (Å²) < 4.78 is 18.9. The van der Waals surface area contributed by atoms with Crippen LogP contribution >= 0.6 is 0 Å². The summed E-state index contributed by atoms with van der Waals surface area (Å²) in [6.45, 7) is 2.02. The summed E-state index contributed by atoms with van der Waals surface area (Å²) in [4.78, 5) is 4.24. The van der Waals surface area contributed by atoms with Gasteiger partial charge in [-0.15, -0.1) is 0 Å². The van der Waals surface area contributed by atoms with E-state index in [4.69, 9.17) is 10.3 Å². The van der Waals surface area contributed by atoms with E-state index in [1.165, 1.54) is 17.7 Å². The molecule has 3 aromatic rings. The largest absolute Gasteiger partial charge is 0.399 e. The molecule has 0 aliphatic rings. The zero-order chi connectivity index (χ0) is 14.8. The van der Waals surface area contributed by atoms with Gasteiger partial charge in [0.2, 0.25) is 0 Å². The molecule has 0 unspecified atom stereocenters. The molecule has 4 nitrogen and oxygen atoms in total. The van der Waals surface area contributed by atoms with Crippen molar-refractivity contribution in [3.63, 3.8) is 0 Å². The molecule has 3 rings (SSSR count). The van der Waals surface area contributed by atoms with E-state index in [2.05, 4.69) is 16.2 Å². The average Bonchev–Trinajstić information content (AvgIpc) is 2.87. The van der Waals surface area contributed by atoms with Gasteiger partial charge in [-0.05, 0) is 30.7 Å². The van der Waals surface area contributed by atoms with E-state index in [1.807, 2.05) is 25.1 Å². The standard InChI is InChI=1S/C16H14FN3O/c1-10-3-2-4-11(7-10)8-15-19-16(21-20-15)13-6-5-12(18)9-14(13)17/h2-7,9H,8,18H2,1H3. The maximum Gasteiger partial charge on any atom is 0.260 e. The lowest BCUT2D eigenvalue weighted by Gasteiger charge is -1.99. The van der Waals surface area contributed by atoms with E-state index in [-0.39, 0.29) is 11.5 Å². The van der Waals surface area contributed by atoms with E-state index in [0.29, 0.717) is 17.9 Å². The van der Waals surface area contributed by atoms with Gasteiger partial charge in [0.25, 0.3) is 5.89 Å². The van der Waals surface area contributed by atoms with E-state index >= 15 is 0 Å². The fourth-order valence-electron chi connectivity index (χ4n) is 2.14. The van der Waals surface area contributed by atoms with E-state index in [0.717, 1.165) is 5.56 Å². The third kappa shape index (κ3) is 2.91. The molecule has 0 radical (unpaired) electrons. The number of anilines is 1. The van der Waals surface area contributed by atoms with Gasteiger partial charge >= 0.3 is 0 Å². The summed E-state index contributed by atoms with van der Waals surface area (Å²) >= 11 is 0. The first-order valence-electron chi connectivity index (χ1n) is 6.55. The number of rotatable bonds is 3. The molecular weight excluding hydrogens is 269 g/mol. The van der Waals surface area contributed by atoms with Crippen molar-refractivity contribution in [3.05, 3.63) is 65.2 Å². The van der Waals surface area contributed by atoms with Crippen molar-refractivity contribution in [2.45, 2.75) is 13.3 Å². The summed E-state index contributed by atoms with van der Waals surface area (Å²) in [7, 11) is 0. The highest BCUT2D eigenvalue weighted by molar-refractivity contribution is 5.58.